The summed E-state index contributed by atoms with van der Waals surface area (Å²) in [6.07, 6.45) is 10.4. The fourth-order valence-electron chi connectivity index (χ4n) is 9.52. The van der Waals surface area contributed by atoms with E-state index >= 15 is 0 Å². The normalized spacial score (nSPS) is 23.4. The molecule has 55 heavy (non-hydrogen) atoms. The fourth-order valence-corrected chi connectivity index (χ4v) is 9.71. The van der Waals surface area contributed by atoms with Gasteiger partial charge in [0.05, 0.1) is 18.9 Å². The molecule has 3 aliphatic carbocycles. The molecule has 0 bridgehead atoms. The van der Waals surface area contributed by atoms with Gasteiger partial charge >= 0.3 is 5.97 Å². The molecule has 2 aromatic heterocycles. The van der Waals surface area contributed by atoms with E-state index in [0.29, 0.717) is 67.3 Å². The van der Waals surface area contributed by atoms with Gasteiger partial charge in [-0.3, -0.25) is 14.5 Å². The lowest BCUT2D eigenvalue weighted by molar-refractivity contribution is -0.144. The van der Waals surface area contributed by atoms with Crippen LogP contribution in [0.25, 0.3) is 0 Å². The molecule has 0 aliphatic heterocycles. The molecule has 0 radical (unpaired) electrons. The molecule has 0 saturated heterocycles. The first-order valence-corrected chi connectivity index (χ1v) is 20.3. The maximum Gasteiger partial charge on any atom is 0.329 e. The van der Waals surface area contributed by atoms with Crippen LogP contribution in [-0.2, 0) is 34.9 Å². The number of rotatable bonds is 14. The van der Waals surface area contributed by atoms with Crippen molar-refractivity contribution in [3.8, 4) is 11.5 Å². The monoisotopic (exact) mass is 767 g/mol. The van der Waals surface area contributed by atoms with E-state index in [0.717, 1.165) is 55.7 Å². The lowest BCUT2D eigenvalue weighted by atomic mass is 9.59. The van der Waals surface area contributed by atoms with Crippen LogP contribution in [0.4, 0.5) is 11.5 Å². The van der Waals surface area contributed by atoms with Gasteiger partial charge in [-0.2, -0.15) is 5.10 Å². The molecular formula is C44H54ClN5O5. The Hall–Kier alpha value is -4.57. The maximum atomic E-state index is 13.0. The summed E-state index contributed by atoms with van der Waals surface area (Å²) in [5.41, 5.74) is 5.28. The number of aliphatic carboxylic acids is 1. The predicted molar refractivity (Wildman–Crippen MR) is 215 cm³/mol. The number of nitrogens with zero attached hydrogens (tertiary/aromatic N) is 3. The van der Waals surface area contributed by atoms with Crippen molar-refractivity contribution in [3.05, 3.63) is 93.9 Å². The van der Waals surface area contributed by atoms with Crippen LogP contribution in [0, 0.1) is 18.8 Å². The number of fused-ring (bicyclic) bond motifs is 3. The predicted octanol–water partition coefficient (Wildman–Crippen LogP) is 9.04. The van der Waals surface area contributed by atoms with Crippen LogP contribution in [0.2, 0.25) is 5.02 Å². The minimum absolute atomic E-state index is 0.0747. The Morgan fingerprint density at radius 3 is 2.65 bits per heavy atom. The molecule has 1 unspecified atom stereocenters. The van der Waals surface area contributed by atoms with E-state index in [9.17, 15) is 14.7 Å². The summed E-state index contributed by atoms with van der Waals surface area (Å²) in [6, 6.07) is 17.6. The summed E-state index contributed by atoms with van der Waals surface area (Å²) in [7, 11) is 1.81. The quantitative estimate of drug-likeness (QED) is 0.109. The number of anilines is 2. The summed E-state index contributed by atoms with van der Waals surface area (Å²) in [4.78, 5) is 30.3. The summed E-state index contributed by atoms with van der Waals surface area (Å²) in [6.45, 7) is 7.47. The van der Waals surface area contributed by atoms with E-state index in [-0.39, 0.29) is 17.2 Å². The van der Waals surface area contributed by atoms with Gasteiger partial charge in [0, 0.05) is 47.7 Å². The van der Waals surface area contributed by atoms with E-state index in [1.54, 1.807) is 16.8 Å². The van der Waals surface area contributed by atoms with Gasteiger partial charge in [-0.15, -0.1) is 0 Å². The molecule has 2 aromatic carbocycles. The van der Waals surface area contributed by atoms with Crippen LogP contribution in [0.3, 0.4) is 0 Å². The highest BCUT2D eigenvalue weighted by Gasteiger charge is 2.54. The van der Waals surface area contributed by atoms with Crippen molar-refractivity contribution >= 4 is 35.0 Å². The Bertz CT molecular complexity index is 2020. The molecule has 3 N–H and O–H groups in total. The van der Waals surface area contributed by atoms with Crippen molar-refractivity contribution in [3.63, 3.8) is 0 Å². The molecular weight excluding hydrogens is 714 g/mol. The zero-order valence-corrected chi connectivity index (χ0v) is 33.3. The maximum absolute atomic E-state index is 13.0. The van der Waals surface area contributed by atoms with Gasteiger partial charge in [-0.25, -0.2) is 4.79 Å². The summed E-state index contributed by atoms with van der Waals surface area (Å²) in [5.74, 6) is 2.55. The molecule has 7 rings (SSSR count). The first kappa shape index (κ1) is 38.7. The van der Waals surface area contributed by atoms with Gasteiger partial charge in [0.2, 0.25) is 5.91 Å². The van der Waals surface area contributed by atoms with E-state index in [1.807, 2.05) is 50.5 Å². The third-order valence-corrected chi connectivity index (χ3v) is 12.6. The lowest BCUT2D eigenvalue weighted by Crippen LogP contribution is -2.53. The molecule has 1 spiro atoms. The van der Waals surface area contributed by atoms with Crippen molar-refractivity contribution in [2.24, 2.45) is 18.9 Å². The molecule has 3 atom stereocenters. The largest absolute Gasteiger partial charge is 0.494 e. The number of benzene rings is 2. The Labute approximate surface area is 329 Å². The van der Waals surface area contributed by atoms with Gasteiger partial charge in [-0.1, -0.05) is 37.6 Å². The highest BCUT2D eigenvalue weighted by Crippen LogP contribution is 2.57. The Morgan fingerprint density at radius 1 is 1.09 bits per heavy atom. The number of halogens is 1. The number of hydrogen-bond donors (Lipinski definition) is 3. The fraction of sp³-hybridized carbons (Fsp3) is 0.500. The number of pyridine rings is 1. The number of carboxylic acids is 1. The van der Waals surface area contributed by atoms with E-state index in [1.165, 1.54) is 28.8 Å². The number of carboxylic acid groups (broad SMARTS) is 1. The third kappa shape index (κ3) is 8.35. The Balaban J connectivity index is 1.07. The van der Waals surface area contributed by atoms with Gasteiger partial charge in [0.15, 0.2) is 0 Å². The highest BCUT2D eigenvalue weighted by atomic mass is 35.5. The SMILES string of the molecule is Cc1cc(NC(=O)CCCOc2ccc3c(c2)C2(CCC(Nc4cccc(Cl)c4)(C(=O)O)CC2)C(C[C@@H](C)COc2ccnc4c2[C@H](C)CCC4)C3)n(C)n1. The van der Waals surface area contributed by atoms with Crippen LogP contribution < -0.4 is 20.1 Å². The first-order chi connectivity index (χ1) is 26.4. The van der Waals surface area contributed by atoms with E-state index in [2.05, 4.69) is 46.7 Å². The average Bonchev–Trinajstić information content (AvgIpc) is 3.63. The average molecular weight is 768 g/mol. The second kappa shape index (κ2) is 16.3. The Kier molecular flexibility index (Phi) is 11.4. The summed E-state index contributed by atoms with van der Waals surface area (Å²) in [5, 5.41) is 21.9. The second-order valence-corrected chi connectivity index (χ2v) is 16.7. The number of aryl methyl sites for hydroxylation is 3. The molecule has 2 heterocycles. The number of carbonyl (C=O) groups is 2. The van der Waals surface area contributed by atoms with Crippen molar-refractivity contribution in [1.29, 1.82) is 0 Å². The number of amides is 1. The van der Waals surface area contributed by atoms with Crippen LogP contribution >= 0.6 is 11.6 Å². The smallest absolute Gasteiger partial charge is 0.329 e. The van der Waals surface area contributed by atoms with Crippen LogP contribution in [0.15, 0.2) is 60.8 Å². The first-order valence-electron chi connectivity index (χ1n) is 19.9. The molecule has 11 heteroatoms. The Morgan fingerprint density at radius 2 is 1.91 bits per heavy atom. The molecule has 1 amide bonds. The molecule has 3 aliphatic rings. The van der Waals surface area contributed by atoms with Crippen molar-refractivity contribution < 1.29 is 24.2 Å². The minimum Gasteiger partial charge on any atom is -0.494 e. The van der Waals surface area contributed by atoms with Gasteiger partial charge in [0.25, 0.3) is 0 Å². The van der Waals surface area contributed by atoms with Crippen molar-refractivity contribution in [2.45, 2.75) is 108 Å². The number of ether oxygens (including phenoxy) is 2. The minimum atomic E-state index is -1.10. The highest BCUT2D eigenvalue weighted by molar-refractivity contribution is 6.30. The third-order valence-electron chi connectivity index (χ3n) is 12.4. The van der Waals surface area contributed by atoms with Crippen LogP contribution in [0.5, 0.6) is 11.5 Å². The number of hydrogen-bond acceptors (Lipinski definition) is 7. The lowest BCUT2D eigenvalue weighted by Gasteiger charge is -2.47. The van der Waals surface area contributed by atoms with E-state index < -0.39 is 11.5 Å². The van der Waals surface area contributed by atoms with Crippen LogP contribution in [-0.4, -0.2) is 50.5 Å². The summed E-state index contributed by atoms with van der Waals surface area (Å²) < 4.78 is 14.5. The molecule has 4 aromatic rings. The number of carbonyl (C=O) groups excluding carboxylic acids is 1. The molecule has 1 saturated carbocycles. The van der Waals surface area contributed by atoms with Gasteiger partial charge in [-0.05, 0) is 142 Å². The van der Waals surface area contributed by atoms with Gasteiger partial charge < -0.3 is 25.2 Å². The topological polar surface area (TPSA) is 128 Å². The molecule has 10 nitrogen and oxygen atoms in total. The number of nitrogens with one attached hydrogen (secondary N) is 2. The zero-order chi connectivity index (χ0) is 38.7. The standard InChI is InChI=1S/C44H54ClN5O5/c1-28(27-55-38-15-20-46-37-11-5-8-29(2)41(37)38)22-32-24-31-13-14-35(54-21-7-12-40(51)47-39-23-30(3)49-50(39)4)26-36(31)43(32)16-18-44(19-17-43,42(52)53)48-34-10-6-9-33(45)25-34/h6,9-10,13-15,20,23,25-26,28-29,32,48H,5,7-8,11-12,16-19,21-22,24,27H2,1-4H3,(H,47,51)(H,52,53)/t28-,29-,32?,43?,44?/m1/s1. The van der Waals surface area contributed by atoms with Crippen molar-refractivity contribution in [1.82, 2.24) is 14.8 Å². The second-order valence-electron chi connectivity index (χ2n) is 16.3. The van der Waals surface area contributed by atoms with Gasteiger partial charge in [0.1, 0.15) is 22.9 Å². The molecule has 1 fully saturated rings. The van der Waals surface area contributed by atoms with E-state index in [4.69, 9.17) is 21.1 Å². The van der Waals surface area contributed by atoms with Crippen molar-refractivity contribution in [2.75, 3.05) is 23.8 Å². The summed E-state index contributed by atoms with van der Waals surface area (Å²) >= 11 is 6.30. The zero-order valence-electron chi connectivity index (χ0n) is 32.5. The number of aromatic nitrogens is 3. The molecule has 292 valence electrons. The van der Waals surface area contributed by atoms with Crippen LogP contribution in [0.1, 0.15) is 106 Å².